The van der Waals surface area contributed by atoms with E-state index in [9.17, 15) is 9.90 Å². The predicted octanol–water partition coefficient (Wildman–Crippen LogP) is 1.58. The SMILES string of the molecule is CN(C(=O)C(c1ccccc1)N1CCC(O)CC1)c1cnn(C)c1. The minimum Gasteiger partial charge on any atom is -0.393 e. The number of aryl methyl sites for hydroxylation is 1. The predicted molar refractivity (Wildman–Crippen MR) is 92.6 cm³/mol. The van der Waals surface area contributed by atoms with Crippen LogP contribution in [-0.4, -0.2) is 51.9 Å². The number of hydrogen-bond donors (Lipinski definition) is 1. The molecule has 1 aromatic heterocycles. The first-order valence-electron chi connectivity index (χ1n) is 8.29. The Morgan fingerprint density at radius 1 is 1.29 bits per heavy atom. The molecule has 1 aliphatic rings. The van der Waals surface area contributed by atoms with Gasteiger partial charge in [0.05, 0.1) is 18.0 Å². The zero-order chi connectivity index (χ0) is 17.1. The van der Waals surface area contributed by atoms with Gasteiger partial charge in [0.2, 0.25) is 5.91 Å². The molecular formula is C18H24N4O2. The molecule has 1 N–H and O–H groups in total. The molecule has 2 heterocycles. The molecule has 2 aromatic rings. The van der Waals surface area contributed by atoms with Crippen molar-refractivity contribution < 1.29 is 9.90 Å². The van der Waals surface area contributed by atoms with Crippen molar-refractivity contribution >= 4 is 11.6 Å². The van der Waals surface area contributed by atoms with E-state index in [0.717, 1.165) is 11.3 Å². The van der Waals surface area contributed by atoms with Gasteiger partial charge >= 0.3 is 0 Å². The molecule has 6 heteroatoms. The summed E-state index contributed by atoms with van der Waals surface area (Å²) >= 11 is 0. The van der Waals surface area contributed by atoms with Crippen LogP contribution in [0.3, 0.4) is 0 Å². The Morgan fingerprint density at radius 3 is 2.54 bits per heavy atom. The van der Waals surface area contributed by atoms with Gasteiger partial charge < -0.3 is 10.0 Å². The van der Waals surface area contributed by atoms with E-state index in [0.29, 0.717) is 25.9 Å². The maximum atomic E-state index is 13.2. The Hall–Kier alpha value is -2.18. The standard InChI is InChI=1S/C18H24N4O2/c1-20-13-15(12-19-20)21(2)18(24)17(14-6-4-3-5-7-14)22-10-8-16(23)9-11-22/h3-7,12-13,16-17,23H,8-11H2,1-2H3. The van der Waals surface area contributed by atoms with Crippen molar-refractivity contribution in [2.24, 2.45) is 7.05 Å². The van der Waals surface area contributed by atoms with Crippen molar-refractivity contribution in [3.05, 3.63) is 48.3 Å². The van der Waals surface area contributed by atoms with E-state index in [4.69, 9.17) is 0 Å². The first kappa shape index (κ1) is 16.7. The lowest BCUT2D eigenvalue weighted by Crippen LogP contribution is -2.45. The van der Waals surface area contributed by atoms with Crippen molar-refractivity contribution in [2.75, 3.05) is 25.0 Å². The molecule has 0 saturated carbocycles. The minimum atomic E-state index is -0.344. The summed E-state index contributed by atoms with van der Waals surface area (Å²) in [6.45, 7) is 1.43. The van der Waals surface area contributed by atoms with Crippen LogP contribution >= 0.6 is 0 Å². The van der Waals surface area contributed by atoms with Crippen molar-refractivity contribution in [1.82, 2.24) is 14.7 Å². The van der Waals surface area contributed by atoms with Crippen LogP contribution in [0.15, 0.2) is 42.7 Å². The Morgan fingerprint density at radius 2 is 1.96 bits per heavy atom. The quantitative estimate of drug-likeness (QED) is 0.926. The van der Waals surface area contributed by atoms with E-state index in [1.807, 2.05) is 43.6 Å². The second-order valence-corrected chi connectivity index (χ2v) is 6.35. The Bertz CT molecular complexity index is 677. The summed E-state index contributed by atoms with van der Waals surface area (Å²) in [6.07, 6.45) is 4.67. The number of rotatable bonds is 4. The third kappa shape index (κ3) is 3.49. The highest BCUT2D eigenvalue weighted by molar-refractivity contribution is 5.97. The zero-order valence-electron chi connectivity index (χ0n) is 14.2. The number of aliphatic hydroxyl groups excluding tert-OH is 1. The van der Waals surface area contributed by atoms with Crippen LogP contribution in [0.4, 0.5) is 5.69 Å². The van der Waals surface area contributed by atoms with E-state index < -0.39 is 0 Å². The Labute approximate surface area is 142 Å². The molecule has 1 unspecified atom stereocenters. The van der Waals surface area contributed by atoms with Crippen LogP contribution in [0.2, 0.25) is 0 Å². The number of carbonyl (C=O) groups excluding carboxylic acids is 1. The summed E-state index contributed by atoms with van der Waals surface area (Å²) in [5.41, 5.74) is 1.76. The highest BCUT2D eigenvalue weighted by Crippen LogP contribution is 2.28. The summed E-state index contributed by atoms with van der Waals surface area (Å²) in [4.78, 5) is 17.0. The van der Waals surface area contributed by atoms with Gasteiger partial charge in [-0.2, -0.15) is 5.10 Å². The van der Waals surface area contributed by atoms with Crippen LogP contribution in [0.1, 0.15) is 24.4 Å². The molecule has 0 aliphatic carbocycles. The number of benzene rings is 1. The van der Waals surface area contributed by atoms with Gasteiger partial charge in [-0.05, 0) is 18.4 Å². The lowest BCUT2D eigenvalue weighted by molar-refractivity contribution is -0.124. The highest BCUT2D eigenvalue weighted by Gasteiger charge is 2.33. The molecule has 1 atom stereocenters. The number of likely N-dealkylation sites (tertiary alicyclic amines) is 1. The topological polar surface area (TPSA) is 61.6 Å². The van der Waals surface area contributed by atoms with Crippen LogP contribution < -0.4 is 4.90 Å². The van der Waals surface area contributed by atoms with Gasteiger partial charge in [-0.15, -0.1) is 0 Å². The molecule has 24 heavy (non-hydrogen) atoms. The number of hydrogen-bond acceptors (Lipinski definition) is 4. The zero-order valence-corrected chi connectivity index (χ0v) is 14.2. The maximum absolute atomic E-state index is 13.2. The lowest BCUT2D eigenvalue weighted by Gasteiger charge is -2.37. The monoisotopic (exact) mass is 328 g/mol. The lowest BCUT2D eigenvalue weighted by atomic mass is 9.99. The molecule has 0 bridgehead atoms. The number of likely N-dealkylation sites (N-methyl/N-ethyl adjacent to an activating group) is 1. The number of amides is 1. The first-order chi connectivity index (χ1) is 11.6. The van der Waals surface area contributed by atoms with Crippen molar-refractivity contribution in [2.45, 2.75) is 25.0 Å². The molecular weight excluding hydrogens is 304 g/mol. The smallest absolute Gasteiger partial charge is 0.248 e. The average molecular weight is 328 g/mol. The molecule has 1 aromatic carbocycles. The molecule has 0 radical (unpaired) electrons. The van der Waals surface area contributed by atoms with Crippen molar-refractivity contribution in [3.8, 4) is 0 Å². The molecule has 1 aliphatic heterocycles. The molecule has 3 rings (SSSR count). The van der Waals surface area contributed by atoms with Gasteiger partial charge in [0, 0.05) is 33.4 Å². The molecule has 1 fully saturated rings. The summed E-state index contributed by atoms with van der Waals surface area (Å²) in [5.74, 6) is 0.0191. The fourth-order valence-corrected chi connectivity index (χ4v) is 3.18. The van der Waals surface area contributed by atoms with Gasteiger partial charge in [-0.25, -0.2) is 0 Å². The first-order valence-corrected chi connectivity index (χ1v) is 8.29. The number of aliphatic hydroxyl groups is 1. The van der Waals surface area contributed by atoms with Gasteiger partial charge in [-0.3, -0.25) is 14.4 Å². The Kier molecular flexibility index (Phi) is 4.97. The van der Waals surface area contributed by atoms with Gasteiger partial charge in [0.15, 0.2) is 0 Å². The Balaban J connectivity index is 1.87. The summed E-state index contributed by atoms with van der Waals surface area (Å²) in [5, 5.41) is 13.9. The largest absolute Gasteiger partial charge is 0.393 e. The highest BCUT2D eigenvalue weighted by atomic mass is 16.3. The van der Waals surface area contributed by atoms with Gasteiger partial charge in [-0.1, -0.05) is 30.3 Å². The number of anilines is 1. The average Bonchev–Trinajstić information content (AvgIpc) is 3.03. The van der Waals surface area contributed by atoms with E-state index >= 15 is 0 Å². The second-order valence-electron chi connectivity index (χ2n) is 6.35. The molecule has 0 spiro atoms. The number of nitrogens with zero attached hydrogens (tertiary/aromatic N) is 4. The summed E-state index contributed by atoms with van der Waals surface area (Å²) < 4.78 is 1.69. The second kappa shape index (κ2) is 7.15. The molecule has 128 valence electrons. The van der Waals surface area contributed by atoms with Crippen molar-refractivity contribution in [1.29, 1.82) is 0 Å². The van der Waals surface area contributed by atoms with Gasteiger partial charge in [0.1, 0.15) is 6.04 Å². The number of carbonyl (C=O) groups is 1. The summed E-state index contributed by atoms with van der Waals surface area (Å²) in [7, 11) is 3.62. The number of piperidine rings is 1. The van der Waals surface area contributed by atoms with Crippen LogP contribution in [-0.2, 0) is 11.8 Å². The third-order valence-electron chi connectivity index (χ3n) is 4.62. The van der Waals surface area contributed by atoms with Gasteiger partial charge in [0.25, 0.3) is 0 Å². The van der Waals surface area contributed by atoms with E-state index in [1.165, 1.54) is 0 Å². The van der Waals surface area contributed by atoms with E-state index in [-0.39, 0.29) is 18.1 Å². The van der Waals surface area contributed by atoms with E-state index in [1.54, 1.807) is 22.8 Å². The minimum absolute atomic E-state index is 0.0191. The normalized spacial score (nSPS) is 17.6. The van der Waals surface area contributed by atoms with Crippen LogP contribution in [0.25, 0.3) is 0 Å². The third-order valence-corrected chi connectivity index (χ3v) is 4.62. The summed E-state index contributed by atoms with van der Waals surface area (Å²) in [6, 6.07) is 9.51. The van der Waals surface area contributed by atoms with Crippen LogP contribution in [0, 0.1) is 0 Å². The molecule has 1 amide bonds. The molecule has 6 nitrogen and oxygen atoms in total. The maximum Gasteiger partial charge on any atom is 0.248 e. The fraction of sp³-hybridized carbons (Fsp3) is 0.444. The molecule has 1 saturated heterocycles. The number of aromatic nitrogens is 2. The fourth-order valence-electron chi connectivity index (χ4n) is 3.18. The van der Waals surface area contributed by atoms with Crippen molar-refractivity contribution in [3.63, 3.8) is 0 Å². The van der Waals surface area contributed by atoms with Crippen LogP contribution in [0.5, 0.6) is 0 Å². The van der Waals surface area contributed by atoms with E-state index in [2.05, 4.69) is 10.00 Å².